The largest absolute Gasteiger partial charge is 0.497 e. The zero-order valence-electron chi connectivity index (χ0n) is 12.1. The first-order valence-electron chi connectivity index (χ1n) is 6.67. The van der Waals surface area contributed by atoms with Crippen LogP contribution < -0.4 is 15.3 Å². The molecule has 0 fully saturated rings. The molecule has 0 saturated heterocycles. The fraction of sp³-hybridized carbons (Fsp3) is 0.125. The van der Waals surface area contributed by atoms with Crippen LogP contribution in [0.4, 0.5) is 0 Å². The Balaban J connectivity index is 2.12. The Bertz CT molecular complexity index is 902. The van der Waals surface area contributed by atoms with Crippen molar-refractivity contribution in [2.24, 2.45) is 0 Å². The summed E-state index contributed by atoms with van der Waals surface area (Å²) in [7, 11) is 1.57. The van der Waals surface area contributed by atoms with Gasteiger partial charge in [-0.3, -0.25) is 4.79 Å². The lowest BCUT2D eigenvalue weighted by Crippen LogP contribution is -2.26. The molecule has 0 amide bonds. The molecule has 0 aliphatic rings. The van der Waals surface area contributed by atoms with Gasteiger partial charge in [0.25, 0.3) is 0 Å². The quantitative estimate of drug-likeness (QED) is 0.746. The normalized spacial score (nSPS) is 10.6. The highest BCUT2D eigenvalue weighted by atomic mass is 32.1. The standard InChI is InChI=1S/C16H14N2O3S/c1-11-3-5-13(6-4-11)18-15(19)17(16(20)22-18)12-7-9-14(21-2)10-8-12/h3-10H,1-2H3. The van der Waals surface area contributed by atoms with Crippen LogP contribution in [0.2, 0.25) is 0 Å². The average Bonchev–Trinajstić information content (AvgIpc) is 2.83. The van der Waals surface area contributed by atoms with E-state index in [-0.39, 0.29) is 10.6 Å². The van der Waals surface area contributed by atoms with E-state index in [4.69, 9.17) is 4.74 Å². The molecule has 22 heavy (non-hydrogen) atoms. The minimum Gasteiger partial charge on any atom is -0.497 e. The summed E-state index contributed by atoms with van der Waals surface area (Å²) in [6.07, 6.45) is 0. The SMILES string of the molecule is COc1ccc(-n2c(=O)sn(-c3ccc(C)cc3)c2=O)cc1. The predicted molar refractivity (Wildman–Crippen MR) is 86.8 cm³/mol. The van der Waals surface area contributed by atoms with E-state index in [1.54, 1.807) is 31.4 Å². The lowest BCUT2D eigenvalue weighted by molar-refractivity contribution is 0.414. The number of aromatic nitrogens is 2. The highest BCUT2D eigenvalue weighted by Crippen LogP contribution is 2.14. The van der Waals surface area contributed by atoms with Crippen molar-refractivity contribution in [2.75, 3.05) is 7.11 Å². The first kappa shape index (κ1) is 14.3. The van der Waals surface area contributed by atoms with Gasteiger partial charge in [-0.25, -0.2) is 13.3 Å². The summed E-state index contributed by atoms with van der Waals surface area (Å²) in [5.74, 6) is 0.672. The van der Waals surface area contributed by atoms with E-state index in [2.05, 4.69) is 0 Å². The van der Waals surface area contributed by atoms with Crippen molar-refractivity contribution >= 4 is 11.5 Å². The molecular formula is C16H14N2O3S. The lowest BCUT2D eigenvalue weighted by atomic mass is 10.2. The molecule has 112 valence electrons. The van der Waals surface area contributed by atoms with Gasteiger partial charge in [0.2, 0.25) is 0 Å². The highest BCUT2D eigenvalue weighted by Gasteiger charge is 2.13. The van der Waals surface area contributed by atoms with Crippen LogP contribution in [0.5, 0.6) is 5.75 Å². The summed E-state index contributed by atoms with van der Waals surface area (Å²) < 4.78 is 7.63. The Kier molecular flexibility index (Phi) is 3.68. The van der Waals surface area contributed by atoms with E-state index < -0.39 is 0 Å². The third-order valence-electron chi connectivity index (χ3n) is 3.32. The van der Waals surface area contributed by atoms with E-state index in [1.165, 1.54) is 3.96 Å². The second kappa shape index (κ2) is 5.65. The zero-order chi connectivity index (χ0) is 15.7. The number of hydrogen-bond donors (Lipinski definition) is 0. The summed E-state index contributed by atoms with van der Waals surface area (Å²) in [6, 6.07) is 14.3. The fourth-order valence-electron chi connectivity index (χ4n) is 2.12. The maximum absolute atomic E-state index is 12.5. The molecule has 1 heterocycles. The van der Waals surface area contributed by atoms with Crippen molar-refractivity contribution in [3.05, 3.63) is 74.2 Å². The number of aryl methyl sites for hydroxylation is 1. The van der Waals surface area contributed by atoms with E-state index >= 15 is 0 Å². The van der Waals surface area contributed by atoms with Gasteiger partial charge in [-0.2, -0.15) is 0 Å². The van der Waals surface area contributed by atoms with Crippen LogP contribution in [0.3, 0.4) is 0 Å². The summed E-state index contributed by atoms with van der Waals surface area (Å²) in [6.45, 7) is 1.97. The molecule has 0 atom stereocenters. The summed E-state index contributed by atoms with van der Waals surface area (Å²) >= 11 is 0.885. The molecule has 0 unspecified atom stereocenters. The Morgan fingerprint density at radius 2 is 1.50 bits per heavy atom. The first-order chi connectivity index (χ1) is 10.6. The Morgan fingerprint density at radius 3 is 2.09 bits per heavy atom. The Labute approximate surface area is 130 Å². The smallest absolute Gasteiger partial charge is 0.350 e. The molecule has 2 aromatic carbocycles. The van der Waals surface area contributed by atoms with Gasteiger partial charge in [0.15, 0.2) is 0 Å². The van der Waals surface area contributed by atoms with E-state index in [9.17, 15) is 9.59 Å². The molecule has 3 aromatic rings. The first-order valence-corrected chi connectivity index (χ1v) is 7.44. The van der Waals surface area contributed by atoms with E-state index in [0.717, 1.165) is 21.7 Å². The molecule has 0 saturated carbocycles. The van der Waals surface area contributed by atoms with Crippen LogP contribution in [0, 0.1) is 6.92 Å². The van der Waals surface area contributed by atoms with Crippen molar-refractivity contribution in [2.45, 2.75) is 6.92 Å². The van der Waals surface area contributed by atoms with Crippen molar-refractivity contribution in [1.82, 2.24) is 8.52 Å². The molecule has 6 heteroatoms. The van der Waals surface area contributed by atoms with Gasteiger partial charge in [0.1, 0.15) is 5.75 Å². The third kappa shape index (κ3) is 2.48. The molecule has 0 bridgehead atoms. The second-order valence-corrected chi connectivity index (χ2v) is 5.70. The van der Waals surface area contributed by atoms with Crippen LogP contribution in [-0.2, 0) is 0 Å². The fourth-order valence-corrected chi connectivity index (χ4v) is 2.93. The number of methoxy groups -OCH3 is 1. The molecule has 0 N–H and O–H groups in total. The van der Waals surface area contributed by atoms with Crippen molar-refractivity contribution in [3.8, 4) is 17.1 Å². The Morgan fingerprint density at radius 1 is 0.909 bits per heavy atom. The second-order valence-electron chi connectivity index (χ2n) is 4.80. The van der Waals surface area contributed by atoms with Crippen LogP contribution in [-0.4, -0.2) is 15.6 Å². The van der Waals surface area contributed by atoms with Crippen LogP contribution in [0.25, 0.3) is 11.4 Å². The molecule has 3 rings (SSSR count). The lowest BCUT2D eigenvalue weighted by Gasteiger charge is -2.03. The van der Waals surface area contributed by atoms with Crippen LogP contribution in [0.15, 0.2) is 58.1 Å². The van der Waals surface area contributed by atoms with E-state index in [0.29, 0.717) is 17.1 Å². The number of ether oxygens (including phenoxy) is 1. The Hall–Kier alpha value is -2.60. The van der Waals surface area contributed by atoms with Crippen molar-refractivity contribution in [3.63, 3.8) is 0 Å². The van der Waals surface area contributed by atoms with Gasteiger partial charge in [-0.05, 0) is 43.3 Å². The minimum absolute atomic E-state index is 0.323. The van der Waals surface area contributed by atoms with Gasteiger partial charge in [-0.1, -0.05) is 17.7 Å². The van der Waals surface area contributed by atoms with E-state index in [1.807, 2.05) is 31.2 Å². The number of nitrogens with zero attached hydrogens (tertiary/aromatic N) is 2. The monoisotopic (exact) mass is 314 g/mol. The maximum atomic E-state index is 12.5. The number of hydrogen-bond acceptors (Lipinski definition) is 4. The highest BCUT2D eigenvalue weighted by molar-refractivity contribution is 7.03. The summed E-state index contributed by atoms with van der Waals surface area (Å²) in [5.41, 5.74) is 1.94. The van der Waals surface area contributed by atoms with Crippen LogP contribution in [0.1, 0.15) is 5.56 Å². The van der Waals surface area contributed by atoms with Gasteiger partial charge < -0.3 is 4.74 Å². The third-order valence-corrected chi connectivity index (χ3v) is 4.20. The molecule has 0 radical (unpaired) electrons. The molecule has 5 nitrogen and oxygen atoms in total. The summed E-state index contributed by atoms with van der Waals surface area (Å²) in [4.78, 5) is 24.4. The number of rotatable bonds is 3. The van der Waals surface area contributed by atoms with Crippen LogP contribution >= 0.6 is 11.5 Å². The summed E-state index contributed by atoms with van der Waals surface area (Å²) in [5, 5.41) is 0. The predicted octanol–water partition coefficient (Wildman–Crippen LogP) is 2.37. The minimum atomic E-state index is -0.371. The van der Waals surface area contributed by atoms with Gasteiger partial charge in [-0.15, -0.1) is 0 Å². The van der Waals surface area contributed by atoms with Gasteiger partial charge in [0.05, 0.1) is 18.5 Å². The molecule has 1 aromatic heterocycles. The molecular weight excluding hydrogens is 300 g/mol. The average molecular weight is 314 g/mol. The topological polar surface area (TPSA) is 53.2 Å². The maximum Gasteiger partial charge on any atom is 0.350 e. The zero-order valence-corrected chi connectivity index (χ0v) is 13.0. The molecule has 0 aliphatic carbocycles. The van der Waals surface area contributed by atoms with Gasteiger partial charge >= 0.3 is 10.6 Å². The molecule has 0 spiro atoms. The van der Waals surface area contributed by atoms with Crippen molar-refractivity contribution in [1.29, 1.82) is 0 Å². The van der Waals surface area contributed by atoms with Crippen molar-refractivity contribution < 1.29 is 4.74 Å². The molecule has 0 aliphatic heterocycles. The van der Waals surface area contributed by atoms with Gasteiger partial charge in [0, 0.05) is 11.5 Å². The number of benzene rings is 2.